The largest absolute Gasteiger partial charge is 0.494 e. The molecule has 0 bridgehead atoms. The predicted octanol–water partition coefficient (Wildman–Crippen LogP) is 4.54. The molecular formula is C27H24N2O5. The topological polar surface area (TPSA) is 86.8 Å². The van der Waals surface area contributed by atoms with Crippen LogP contribution in [-0.2, 0) is 0 Å². The van der Waals surface area contributed by atoms with Crippen LogP contribution in [0.5, 0.6) is 17.2 Å². The quantitative estimate of drug-likeness (QED) is 0.392. The molecule has 0 radical (unpaired) electrons. The fourth-order valence-electron chi connectivity index (χ4n) is 3.64. The van der Waals surface area contributed by atoms with Crippen molar-refractivity contribution in [1.82, 2.24) is 10.3 Å². The van der Waals surface area contributed by atoms with Crippen LogP contribution in [0.4, 0.5) is 0 Å². The zero-order chi connectivity index (χ0) is 24.1. The van der Waals surface area contributed by atoms with Crippen LogP contribution in [0.1, 0.15) is 20.8 Å². The Kier molecular flexibility index (Phi) is 6.73. The van der Waals surface area contributed by atoms with Crippen LogP contribution in [0.15, 0.2) is 72.8 Å². The van der Waals surface area contributed by atoms with Crippen LogP contribution < -0.4 is 19.5 Å². The lowest BCUT2D eigenvalue weighted by atomic mass is 10.0. The number of nitrogens with one attached hydrogen (secondary N) is 1. The Morgan fingerprint density at radius 1 is 0.765 bits per heavy atom. The fourth-order valence-corrected chi connectivity index (χ4v) is 3.64. The average Bonchev–Trinajstić information content (AvgIpc) is 2.90. The zero-order valence-electron chi connectivity index (χ0n) is 19.1. The molecule has 4 aromatic rings. The van der Waals surface area contributed by atoms with Crippen molar-refractivity contribution in [3.63, 3.8) is 0 Å². The van der Waals surface area contributed by atoms with Crippen molar-refractivity contribution in [3.05, 3.63) is 84.1 Å². The SMILES string of the molecule is COc1ccc(C(=O)NCC(=O)c2ccc(OC)c(-c3ccc4ccccc4c3)n2)cc1OC. The molecule has 7 nitrogen and oxygen atoms in total. The van der Waals surface area contributed by atoms with E-state index in [1.54, 1.807) is 37.4 Å². The molecule has 1 N–H and O–H groups in total. The monoisotopic (exact) mass is 456 g/mol. The highest BCUT2D eigenvalue weighted by Crippen LogP contribution is 2.31. The third-order valence-corrected chi connectivity index (χ3v) is 5.44. The number of ether oxygens (including phenoxy) is 3. The molecule has 172 valence electrons. The van der Waals surface area contributed by atoms with E-state index in [9.17, 15) is 9.59 Å². The molecule has 34 heavy (non-hydrogen) atoms. The first kappa shape index (κ1) is 22.8. The minimum absolute atomic E-state index is 0.205. The first-order valence-electron chi connectivity index (χ1n) is 10.6. The van der Waals surface area contributed by atoms with Gasteiger partial charge in [-0.15, -0.1) is 0 Å². The number of nitrogens with zero attached hydrogens (tertiary/aromatic N) is 1. The standard InChI is InChI=1S/C27H24N2O5/c1-32-23-12-10-20(15-25(23)34-3)27(31)28-16-22(30)21-11-13-24(33-2)26(29-21)19-9-8-17-6-4-5-7-18(17)14-19/h4-15H,16H2,1-3H3,(H,28,31). The number of carbonyl (C=O) groups is 2. The summed E-state index contributed by atoms with van der Waals surface area (Å²) in [6, 6.07) is 22.1. The molecule has 1 aromatic heterocycles. The number of rotatable bonds is 8. The van der Waals surface area contributed by atoms with Gasteiger partial charge in [-0.1, -0.05) is 36.4 Å². The second-order valence-electron chi connectivity index (χ2n) is 7.48. The number of aromatic nitrogens is 1. The lowest BCUT2D eigenvalue weighted by molar-refractivity contribution is 0.0902. The number of methoxy groups -OCH3 is 3. The van der Waals surface area contributed by atoms with Crippen LogP contribution in [0.3, 0.4) is 0 Å². The van der Waals surface area contributed by atoms with Crippen LogP contribution in [0, 0.1) is 0 Å². The summed E-state index contributed by atoms with van der Waals surface area (Å²) in [4.78, 5) is 30.0. The molecule has 1 amide bonds. The minimum atomic E-state index is -0.405. The van der Waals surface area contributed by atoms with Gasteiger partial charge in [0.15, 0.2) is 17.3 Å². The van der Waals surface area contributed by atoms with Gasteiger partial charge in [0, 0.05) is 11.1 Å². The number of hydrogen-bond donors (Lipinski definition) is 1. The number of amides is 1. The molecule has 0 saturated heterocycles. The Balaban J connectivity index is 1.54. The van der Waals surface area contributed by atoms with E-state index in [-0.39, 0.29) is 18.0 Å². The van der Waals surface area contributed by atoms with Crippen LogP contribution in [-0.4, -0.2) is 44.5 Å². The number of benzene rings is 3. The number of hydrogen-bond acceptors (Lipinski definition) is 6. The summed E-state index contributed by atoms with van der Waals surface area (Å²) in [5, 5.41) is 4.81. The van der Waals surface area contributed by atoms with Crippen molar-refractivity contribution in [2.24, 2.45) is 0 Å². The predicted molar refractivity (Wildman–Crippen MR) is 130 cm³/mol. The van der Waals surface area contributed by atoms with Crippen molar-refractivity contribution in [2.45, 2.75) is 0 Å². The fraction of sp³-hybridized carbons (Fsp3) is 0.148. The van der Waals surface area contributed by atoms with Gasteiger partial charge in [0.05, 0.1) is 27.9 Å². The molecule has 7 heteroatoms. The third kappa shape index (κ3) is 4.68. The first-order valence-corrected chi connectivity index (χ1v) is 10.6. The molecule has 0 spiro atoms. The Labute approximate surface area is 197 Å². The maximum absolute atomic E-state index is 12.8. The summed E-state index contributed by atoms with van der Waals surface area (Å²) in [6.07, 6.45) is 0. The Morgan fingerprint density at radius 3 is 2.21 bits per heavy atom. The van der Waals surface area contributed by atoms with Crippen molar-refractivity contribution >= 4 is 22.5 Å². The summed E-state index contributed by atoms with van der Waals surface area (Å²) in [5.41, 5.74) is 1.98. The molecule has 0 aliphatic rings. The second kappa shape index (κ2) is 10.0. The maximum atomic E-state index is 12.8. The average molecular weight is 456 g/mol. The van der Waals surface area contributed by atoms with E-state index >= 15 is 0 Å². The van der Waals surface area contributed by atoms with E-state index in [0.717, 1.165) is 16.3 Å². The van der Waals surface area contributed by atoms with Crippen LogP contribution in [0.25, 0.3) is 22.0 Å². The molecule has 0 saturated carbocycles. The van der Waals surface area contributed by atoms with E-state index in [4.69, 9.17) is 14.2 Å². The molecule has 0 fully saturated rings. The number of fused-ring (bicyclic) bond motifs is 1. The Bertz CT molecular complexity index is 1370. The van der Waals surface area contributed by atoms with Gasteiger partial charge in [0.2, 0.25) is 0 Å². The highest BCUT2D eigenvalue weighted by atomic mass is 16.5. The summed E-state index contributed by atoms with van der Waals surface area (Å²) in [7, 11) is 4.57. The van der Waals surface area contributed by atoms with Gasteiger partial charge in [0.25, 0.3) is 5.91 Å². The first-order chi connectivity index (χ1) is 16.5. The van der Waals surface area contributed by atoms with E-state index in [2.05, 4.69) is 10.3 Å². The number of ketones is 1. The van der Waals surface area contributed by atoms with E-state index in [1.807, 2.05) is 42.5 Å². The van der Waals surface area contributed by atoms with Crippen molar-refractivity contribution in [3.8, 4) is 28.5 Å². The summed E-state index contributed by atoms with van der Waals surface area (Å²) < 4.78 is 15.9. The Morgan fingerprint density at radius 2 is 1.47 bits per heavy atom. The normalized spacial score (nSPS) is 10.6. The number of pyridine rings is 1. The molecular weight excluding hydrogens is 432 g/mol. The third-order valence-electron chi connectivity index (χ3n) is 5.44. The second-order valence-corrected chi connectivity index (χ2v) is 7.48. The summed E-state index contributed by atoms with van der Waals surface area (Å²) in [5.74, 6) is 0.773. The summed E-state index contributed by atoms with van der Waals surface area (Å²) >= 11 is 0. The highest BCUT2D eigenvalue weighted by Gasteiger charge is 2.16. The Hall–Kier alpha value is -4.39. The minimum Gasteiger partial charge on any atom is -0.494 e. The van der Waals surface area contributed by atoms with Gasteiger partial charge >= 0.3 is 0 Å². The van der Waals surface area contributed by atoms with Gasteiger partial charge in [-0.25, -0.2) is 4.98 Å². The maximum Gasteiger partial charge on any atom is 0.251 e. The molecule has 1 heterocycles. The lowest BCUT2D eigenvalue weighted by Gasteiger charge is -2.12. The van der Waals surface area contributed by atoms with Crippen molar-refractivity contribution in [2.75, 3.05) is 27.9 Å². The summed E-state index contributed by atoms with van der Waals surface area (Å²) in [6.45, 7) is -0.205. The van der Waals surface area contributed by atoms with E-state index in [0.29, 0.717) is 28.5 Å². The molecule has 0 aliphatic carbocycles. The molecule has 0 aliphatic heterocycles. The van der Waals surface area contributed by atoms with Gasteiger partial charge in [-0.3, -0.25) is 9.59 Å². The zero-order valence-corrected chi connectivity index (χ0v) is 19.1. The molecule has 0 unspecified atom stereocenters. The lowest BCUT2D eigenvalue weighted by Crippen LogP contribution is -2.30. The number of Topliss-reactive ketones (excluding diaryl/α,β-unsaturated/α-hetero) is 1. The van der Waals surface area contributed by atoms with Gasteiger partial charge in [-0.05, 0) is 47.2 Å². The molecule has 4 rings (SSSR count). The smallest absolute Gasteiger partial charge is 0.251 e. The van der Waals surface area contributed by atoms with Crippen LogP contribution >= 0.6 is 0 Å². The van der Waals surface area contributed by atoms with Crippen LogP contribution in [0.2, 0.25) is 0 Å². The van der Waals surface area contributed by atoms with Gasteiger partial charge in [-0.2, -0.15) is 0 Å². The van der Waals surface area contributed by atoms with Crippen molar-refractivity contribution < 1.29 is 23.8 Å². The molecule has 0 atom stereocenters. The molecule has 3 aromatic carbocycles. The highest BCUT2D eigenvalue weighted by molar-refractivity contribution is 6.02. The van der Waals surface area contributed by atoms with Gasteiger partial charge < -0.3 is 19.5 Å². The van der Waals surface area contributed by atoms with E-state index < -0.39 is 5.91 Å². The van der Waals surface area contributed by atoms with E-state index in [1.165, 1.54) is 14.2 Å². The number of carbonyl (C=O) groups excluding carboxylic acids is 2. The van der Waals surface area contributed by atoms with Gasteiger partial charge in [0.1, 0.15) is 17.1 Å². The van der Waals surface area contributed by atoms with Crippen molar-refractivity contribution in [1.29, 1.82) is 0 Å².